The smallest absolute Gasteiger partial charge is 0.193 e. The van der Waals surface area contributed by atoms with Crippen LogP contribution >= 0.6 is 0 Å². The van der Waals surface area contributed by atoms with E-state index in [-0.39, 0.29) is 0 Å². The quantitative estimate of drug-likeness (QED) is 0.508. The predicted molar refractivity (Wildman–Crippen MR) is 116 cm³/mol. The zero-order chi connectivity index (χ0) is 18.8. The number of nitrogens with zero attached hydrogens (tertiary/aromatic N) is 1. The second-order valence-corrected chi connectivity index (χ2v) is 9.21. The maximum atomic E-state index is 6.45. The molecule has 0 unspecified atom stereocenters. The molecule has 144 valence electrons. The fraction of sp³-hybridized carbons (Fsp3) is 0.458. The average molecular weight is 374 g/mol. The van der Waals surface area contributed by atoms with E-state index in [1.54, 1.807) is 7.11 Å². The Hall–Kier alpha value is -2.49. The van der Waals surface area contributed by atoms with E-state index < -0.39 is 0 Å². The molecule has 0 amide bonds. The van der Waals surface area contributed by atoms with Gasteiger partial charge in [-0.15, -0.1) is 0 Å². The Kier molecular flexibility index (Phi) is 3.53. The second kappa shape index (κ2) is 6.00. The second-order valence-electron chi connectivity index (χ2n) is 9.21. The zero-order valence-corrected chi connectivity index (χ0v) is 16.3. The van der Waals surface area contributed by atoms with Gasteiger partial charge in [0.05, 0.1) is 18.8 Å². The summed E-state index contributed by atoms with van der Waals surface area (Å²) in [6.07, 6.45) is 11.2. The highest BCUT2D eigenvalue weighted by molar-refractivity contribution is 6.12. The van der Waals surface area contributed by atoms with Crippen LogP contribution in [0.25, 0.3) is 22.9 Å². The molecule has 7 rings (SSSR count). The van der Waals surface area contributed by atoms with Crippen molar-refractivity contribution >= 4 is 34.6 Å². The van der Waals surface area contributed by atoms with Gasteiger partial charge in [0.2, 0.25) is 0 Å². The van der Waals surface area contributed by atoms with Crippen molar-refractivity contribution in [3.8, 4) is 5.75 Å². The van der Waals surface area contributed by atoms with Gasteiger partial charge in [-0.05, 0) is 78.2 Å². The minimum atomic E-state index is 0.395. The SMILES string of the molecule is COc1cc2cccc3c2c(c1NC(N)=NC1C2CC4CC(C2)CC1C4)C=C3. The molecule has 4 bridgehead atoms. The largest absolute Gasteiger partial charge is 0.495 e. The third-order valence-electron chi connectivity index (χ3n) is 7.57. The number of aliphatic imine (C=N–C) groups is 1. The average Bonchev–Trinajstić information content (AvgIpc) is 3.12. The summed E-state index contributed by atoms with van der Waals surface area (Å²) in [5.41, 5.74) is 9.78. The number of anilines is 1. The van der Waals surface area contributed by atoms with Crippen LogP contribution in [0.3, 0.4) is 0 Å². The summed E-state index contributed by atoms with van der Waals surface area (Å²) in [5.74, 6) is 4.72. The van der Waals surface area contributed by atoms with E-state index in [0.29, 0.717) is 12.0 Å². The van der Waals surface area contributed by atoms with Crippen LogP contribution in [-0.2, 0) is 0 Å². The highest BCUT2D eigenvalue weighted by atomic mass is 16.5. The summed E-state index contributed by atoms with van der Waals surface area (Å²) in [6, 6.07) is 8.86. The van der Waals surface area contributed by atoms with Gasteiger partial charge in [-0.1, -0.05) is 30.4 Å². The summed E-state index contributed by atoms with van der Waals surface area (Å²) < 4.78 is 5.70. The first kappa shape index (κ1) is 16.5. The van der Waals surface area contributed by atoms with Gasteiger partial charge < -0.3 is 15.8 Å². The maximum absolute atomic E-state index is 6.45. The molecule has 2 aromatic rings. The van der Waals surface area contributed by atoms with Crippen molar-refractivity contribution in [1.82, 2.24) is 0 Å². The number of ether oxygens (including phenoxy) is 1. The topological polar surface area (TPSA) is 59.6 Å². The molecule has 0 aromatic heterocycles. The number of rotatable bonds is 3. The van der Waals surface area contributed by atoms with E-state index in [0.717, 1.165) is 40.7 Å². The van der Waals surface area contributed by atoms with Crippen molar-refractivity contribution in [3.63, 3.8) is 0 Å². The minimum absolute atomic E-state index is 0.395. The third kappa shape index (κ3) is 2.40. The van der Waals surface area contributed by atoms with E-state index in [1.807, 2.05) is 0 Å². The van der Waals surface area contributed by atoms with E-state index in [2.05, 4.69) is 41.7 Å². The van der Waals surface area contributed by atoms with Crippen LogP contribution in [0, 0.1) is 23.7 Å². The minimum Gasteiger partial charge on any atom is -0.495 e. The number of methoxy groups -OCH3 is 1. The Morgan fingerprint density at radius 1 is 1.07 bits per heavy atom. The first-order valence-corrected chi connectivity index (χ1v) is 10.6. The van der Waals surface area contributed by atoms with E-state index in [4.69, 9.17) is 15.5 Å². The molecule has 28 heavy (non-hydrogen) atoms. The summed E-state index contributed by atoms with van der Waals surface area (Å²) in [7, 11) is 1.72. The number of guanidine groups is 1. The summed E-state index contributed by atoms with van der Waals surface area (Å²) in [4.78, 5) is 5.02. The number of nitrogens with two attached hydrogens (primary N) is 1. The van der Waals surface area contributed by atoms with Crippen LogP contribution in [0.1, 0.15) is 43.2 Å². The fourth-order valence-corrected chi connectivity index (χ4v) is 6.69. The monoisotopic (exact) mass is 373 g/mol. The molecule has 0 atom stereocenters. The molecule has 0 heterocycles. The van der Waals surface area contributed by atoms with Crippen LogP contribution < -0.4 is 15.8 Å². The van der Waals surface area contributed by atoms with E-state index >= 15 is 0 Å². The molecule has 0 saturated heterocycles. The Labute approximate surface area is 165 Å². The first-order chi connectivity index (χ1) is 13.7. The van der Waals surface area contributed by atoms with Crippen molar-refractivity contribution in [3.05, 3.63) is 35.4 Å². The van der Waals surface area contributed by atoms with Gasteiger partial charge in [0, 0.05) is 5.56 Å². The summed E-state index contributed by atoms with van der Waals surface area (Å²) in [5, 5.41) is 5.87. The molecule has 4 heteroatoms. The first-order valence-electron chi connectivity index (χ1n) is 10.6. The highest BCUT2D eigenvalue weighted by Gasteiger charge is 2.48. The Morgan fingerprint density at radius 3 is 2.54 bits per heavy atom. The van der Waals surface area contributed by atoms with Gasteiger partial charge in [-0.3, -0.25) is 0 Å². The lowest BCUT2D eigenvalue weighted by atomic mass is 9.54. The number of benzene rings is 2. The summed E-state index contributed by atoms with van der Waals surface area (Å²) in [6.45, 7) is 0. The van der Waals surface area contributed by atoms with Crippen LogP contribution in [0.5, 0.6) is 5.75 Å². The molecule has 4 saturated carbocycles. The fourth-order valence-electron chi connectivity index (χ4n) is 6.69. The highest BCUT2D eigenvalue weighted by Crippen LogP contribution is 2.54. The molecule has 5 aliphatic carbocycles. The molecule has 3 N–H and O–H groups in total. The lowest BCUT2D eigenvalue weighted by molar-refractivity contribution is 0.00124. The van der Waals surface area contributed by atoms with Crippen molar-refractivity contribution in [2.75, 3.05) is 12.4 Å². The molecule has 4 fully saturated rings. The van der Waals surface area contributed by atoms with Gasteiger partial charge in [-0.25, -0.2) is 4.99 Å². The maximum Gasteiger partial charge on any atom is 0.193 e. The number of hydrogen-bond acceptors (Lipinski definition) is 2. The molecular formula is C24H27N3O. The normalized spacial score (nSPS) is 32.3. The van der Waals surface area contributed by atoms with E-state index in [1.165, 1.54) is 48.4 Å². The van der Waals surface area contributed by atoms with Crippen LogP contribution in [0.4, 0.5) is 5.69 Å². The van der Waals surface area contributed by atoms with Gasteiger partial charge in [0.25, 0.3) is 0 Å². The van der Waals surface area contributed by atoms with Gasteiger partial charge in [-0.2, -0.15) is 0 Å². The molecule has 2 aromatic carbocycles. The van der Waals surface area contributed by atoms with Gasteiger partial charge in [0.15, 0.2) is 5.96 Å². The standard InChI is InChI=1S/C24H27N3O/c1-28-20-12-16-4-2-3-15-5-6-19(21(15)16)23(20)27-24(25)26-22-17-8-13-7-14(10-17)11-18(22)9-13/h2-6,12-14,17-18,22H,7-11H2,1H3,(H3,25,26,27). The van der Waals surface area contributed by atoms with Gasteiger partial charge in [0.1, 0.15) is 5.75 Å². The van der Waals surface area contributed by atoms with Crippen LogP contribution in [0.2, 0.25) is 0 Å². The van der Waals surface area contributed by atoms with Crippen molar-refractivity contribution in [2.45, 2.75) is 38.1 Å². The third-order valence-corrected chi connectivity index (χ3v) is 7.57. The molecular weight excluding hydrogens is 346 g/mol. The molecule has 4 nitrogen and oxygen atoms in total. The summed E-state index contributed by atoms with van der Waals surface area (Å²) >= 11 is 0. The lowest BCUT2D eigenvalue weighted by Gasteiger charge is -2.53. The van der Waals surface area contributed by atoms with Crippen molar-refractivity contribution < 1.29 is 4.74 Å². The number of hydrogen-bond donors (Lipinski definition) is 2. The van der Waals surface area contributed by atoms with Crippen molar-refractivity contribution in [1.29, 1.82) is 0 Å². The van der Waals surface area contributed by atoms with Crippen LogP contribution in [0.15, 0.2) is 29.3 Å². The Morgan fingerprint density at radius 2 is 1.82 bits per heavy atom. The Bertz CT molecular complexity index is 994. The van der Waals surface area contributed by atoms with E-state index in [9.17, 15) is 0 Å². The zero-order valence-electron chi connectivity index (χ0n) is 16.3. The molecule has 0 spiro atoms. The lowest BCUT2D eigenvalue weighted by Crippen LogP contribution is -2.48. The number of nitrogens with one attached hydrogen (secondary N) is 1. The van der Waals surface area contributed by atoms with Gasteiger partial charge >= 0.3 is 0 Å². The molecule has 5 aliphatic rings. The molecule has 0 radical (unpaired) electrons. The predicted octanol–water partition coefficient (Wildman–Crippen LogP) is 4.88. The van der Waals surface area contributed by atoms with Crippen molar-refractivity contribution in [2.24, 2.45) is 34.4 Å². The Balaban J connectivity index is 1.35. The molecule has 0 aliphatic heterocycles. The van der Waals surface area contributed by atoms with Crippen LogP contribution in [-0.4, -0.2) is 19.1 Å².